The lowest BCUT2D eigenvalue weighted by Crippen LogP contribution is -2.52. The number of anilines is 1. The predicted molar refractivity (Wildman–Crippen MR) is 150 cm³/mol. The van der Waals surface area contributed by atoms with E-state index in [9.17, 15) is 19.2 Å². The highest BCUT2D eigenvalue weighted by Gasteiger charge is 2.29. The first kappa shape index (κ1) is 35.1. The van der Waals surface area contributed by atoms with Gasteiger partial charge in [0, 0.05) is 17.8 Å². The Labute approximate surface area is 228 Å². The van der Waals surface area contributed by atoms with Gasteiger partial charge in [0.1, 0.15) is 12.6 Å². The fourth-order valence-electron chi connectivity index (χ4n) is 3.11. The third-order valence-electron chi connectivity index (χ3n) is 5.13. The highest BCUT2D eigenvalue weighted by atomic mass is 16.5. The van der Waals surface area contributed by atoms with Crippen LogP contribution in [0.3, 0.4) is 0 Å². The molecular weight excluding hydrogens is 487 g/mol. The van der Waals surface area contributed by atoms with Gasteiger partial charge in [0.25, 0.3) is 0 Å². The molecule has 0 heterocycles. The number of carbonyl (C=O) groups excluding carboxylic acids is 4. The second-order valence-electron chi connectivity index (χ2n) is 10.4. The van der Waals surface area contributed by atoms with Crippen molar-refractivity contribution >= 4 is 37.1 Å². The van der Waals surface area contributed by atoms with Gasteiger partial charge in [0.05, 0.1) is 18.6 Å². The van der Waals surface area contributed by atoms with E-state index in [0.717, 1.165) is 0 Å². The summed E-state index contributed by atoms with van der Waals surface area (Å²) in [6.45, 7) is 15.2. The van der Waals surface area contributed by atoms with Gasteiger partial charge in [-0.05, 0) is 57.7 Å². The van der Waals surface area contributed by atoms with E-state index in [-0.39, 0.29) is 36.9 Å². The molecule has 2 radical (unpaired) electrons. The SMILES string of the molecule is CC.[B]C(=O)OCc1ccc(NC(=O)CNC(=O)C(NC(=O)CC(C)(C)OCCC(C)(C)N)C(C)C)cc1. The lowest BCUT2D eigenvalue weighted by Gasteiger charge is -2.28. The zero-order valence-electron chi connectivity index (χ0n) is 24.1. The van der Waals surface area contributed by atoms with Crippen LogP contribution in [-0.4, -0.2) is 61.8 Å². The summed E-state index contributed by atoms with van der Waals surface area (Å²) < 4.78 is 10.5. The maximum Gasteiger partial charge on any atom is 0.243 e. The van der Waals surface area contributed by atoms with E-state index in [1.807, 2.05) is 41.5 Å². The van der Waals surface area contributed by atoms with Crippen molar-refractivity contribution in [2.45, 2.75) is 92.0 Å². The van der Waals surface area contributed by atoms with Gasteiger partial charge in [-0.2, -0.15) is 0 Å². The van der Waals surface area contributed by atoms with E-state index in [0.29, 0.717) is 24.3 Å². The van der Waals surface area contributed by atoms with Crippen molar-refractivity contribution in [1.29, 1.82) is 0 Å². The Hall–Kier alpha value is -2.92. The molecule has 1 aromatic carbocycles. The van der Waals surface area contributed by atoms with Gasteiger partial charge in [-0.3, -0.25) is 19.2 Å². The minimum atomic E-state index is -0.873. The summed E-state index contributed by atoms with van der Waals surface area (Å²) in [5, 5.41) is 7.97. The summed E-state index contributed by atoms with van der Waals surface area (Å²) in [5.41, 5.74) is 6.08. The first-order chi connectivity index (χ1) is 17.6. The third kappa shape index (κ3) is 16.0. The van der Waals surface area contributed by atoms with Gasteiger partial charge in [0.15, 0.2) is 0 Å². The average Bonchev–Trinajstić information content (AvgIpc) is 2.80. The minimum Gasteiger partial charge on any atom is -0.470 e. The fraction of sp³-hybridized carbons (Fsp3) is 0.630. The van der Waals surface area contributed by atoms with Crippen LogP contribution in [0.15, 0.2) is 24.3 Å². The highest BCUT2D eigenvalue weighted by Crippen LogP contribution is 2.17. The quantitative estimate of drug-likeness (QED) is 0.269. The monoisotopic (exact) mass is 532 g/mol. The van der Waals surface area contributed by atoms with E-state index in [4.69, 9.17) is 23.1 Å². The Bertz CT molecular complexity index is 898. The van der Waals surface area contributed by atoms with Gasteiger partial charge < -0.3 is 31.2 Å². The Morgan fingerprint density at radius 1 is 1.00 bits per heavy atom. The summed E-state index contributed by atoms with van der Waals surface area (Å²) in [4.78, 5) is 48.2. The lowest BCUT2D eigenvalue weighted by atomic mass is 10.00. The van der Waals surface area contributed by atoms with Crippen LogP contribution < -0.4 is 21.7 Å². The zero-order chi connectivity index (χ0) is 29.5. The Balaban J connectivity index is 0.00000667. The van der Waals surface area contributed by atoms with Crippen molar-refractivity contribution in [2.24, 2.45) is 11.7 Å². The smallest absolute Gasteiger partial charge is 0.243 e. The molecule has 1 aromatic rings. The maximum absolute atomic E-state index is 12.7. The summed E-state index contributed by atoms with van der Waals surface area (Å²) in [6.07, 6.45) is 0.709. The number of nitrogens with two attached hydrogens (primary N) is 1. The van der Waals surface area contributed by atoms with E-state index < -0.39 is 29.3 Å². The van der Waals surface area contributed by atoms with Gasteiger partial charge >= 0.3 is 0 Å². The van der Waals surface area contributed by atoms with E-state index >= 15 is 0 Å². The molecule has 0 bridgehead atoms. The molecule has 0 saturated heterocycles. The zero-order valence-corrected chi connectivity index (χ0v) is 24.1. The molecule has 11 heteroatoms. The molecule has 3 amide bonds. The number of hydrogen-bond donors (Lipinski definition) is 4. The molecule has 1 rings (SSSR count). The minimum absolute atomic E-state index is 0.0249. The molecule has 0 aliphatic rings. The van der Waals surface area contributed by atoms with Crippen LogP contribution in [0.4, 0.5) is 10.5 Å². The fourth-order valence-corrected chi connectivity index (χ4v) is 3.11. The first-order valence-corrected chi connectivity index (χ1v) is 12.9. The summed E-state index contributed by atoms with van der Waals surface area (Å²) >= 11 is 0. The Morgan fingerprint density at radius 2 is 1.58 bits per heavy atom. The summed E-state index contributed by atoms with van der Waals surface area (Å²) in [5.74, 6) is -2.30. The maximum atomic E-state index is 12.7. The van der Waals surface area contributed by atoms with Gasteiger partial charge in [-0.1, -0.05) is 39.8 Å². The number of amides is 3. The molecule has 0 aliphatic heterocycles. The van der Waals surface area contributed by atoms with Crippen molar-refractivity contribution in [3.05, 3.63) is 29.8 Å². The molecule has 5 N–H and O–H groups in total. The molecule has 1 unspecified atom stereocenters. The second kappa shape index (κ2) is 16.8. The Kier molecular flexibility index (Phi) is 15.5. The highest BCUT2D eigenvalue weighted by molar-refractivity contribution is 6.55. The van der Waals surface area contributed by atoms with Crippen molar-refractivity contribution in [1.82, 2.24) is 10.6 Å². The molecule has 0 spiro atoms. The number of hydrogen-bond acceptors (Lipinski definition) is 7. The van der Waals surface area contributed by atoms with Crippen molar-refractivity contribution < 1.29 is 28.7 Å². The molecule has 10 nitrogen and oxygen atoms in total. The van der Waals surface area contributed by atoms with Crippen LogP contribution in [0, 0.1) is 5.92 Å². The van der Waals surface area contributed by atoms with Gasteiger partial charge in [-0.25, -0.2) is 0 Å². The molecule has 0 aliphatic carbocycles. The average molecular weight is 532 g/mol. The number of benzene rings is 1. The van der Waals surface area contributed by atoms with Crippen LogP contribution >= 0.6 is 0 Å². The number of carbonyl (C=O) groups is 4. The van der Waals surface area contributed by atoms with Gasteiger partial charge in [-0.15, -0.1) is 0 Å². The number of ether oxygens (including phenoxy) is 2. The molecule has 212 valence electrons. The molecular formula is C27H45BN4O6. The van der Waals surface area contributed by atoms with E-state index in [1.165, 1.54) is 0 Å². The van der Waals surface area contributed by atoms with E-state index in [1.54, 1.807) is 38.1 Å². The van der Waals surface area contributed by atoms with Crippen LogP contribution in [0.2, 0.25) is 0 Å². The molecule has 38 heavy (non-hydrogen) atoms. The number of rotatable bonds is 14. The predicted octanol–water partition coefficient (Wildman–Crippen LogP) is 3.03. The molecule has 0 aromatic heterocycles. The topological polar surface area (TPSA) is 149 Å². The second-order valence-corrected chi connectivity index (χ2v) is 10.4. The summed E-state index contributed by atoms with van der Waals surface area (Å²) in [6, 6.07) is 5.80. The van der Waals surface area contributed by atoms with E-state index in [2.05, 4.69) is 16.0 Å². The summed E-state index contributed by atoms with van der Waals surface area (Å²) in [7, 11) is 4.93. The largest absolute Gasteiger partial charge is 0.470 e. The standard InChI is InChI=1S/C25H39BN4O6.C2H6/c1-16(2)21(30-19(31)13-25(5,6)36-12-11-24(3,4)27)22(33)28-14-20(32)29-18-9-7-17(8-10-18)15-35-23(26)34;1-2/h7-10,16,21H,11-15,27H2,1-6H3,(H,28,33)(H,29,32)(H,30,31);1-2H3. The first-order valence-electron chi connectivity index (χ1n) is 12.9. The van der Waals surface area contributed by atoms with Crippen LogP contribution in [-0.2, 0) is 30.5 Å². The van der Waals surface area contributed by atoms with Crippen LogP contribution in [0.25, 0.3) is 0 Å². The van der Waals surface area contributed by atoms with Crippen LogP contribution in [0.5, 0.6) is 0 Å². The van der Waals surface area contributed by atoms with Crippen molar-refractivity contribution in [2.75, 3.05) is 18.5 Å². The third-order valence-corrected chi connectivity index (χ3v) is 5.13. The van der Waals surface area contributed by atoms with Gasteiger partial charge in [0.2, 0.25) is 31.4 Å². The lowest BCUT2D eigenvalue weighted by molar-refractivity contribution is -0.134. The molecule has 0 saturated carbocycles. The molecule has 0 fully saturated rings. The van der Waals surface area contributed by atoms with Crippen molar-refractivity contribution in [3.63, 3.8) is 0 Å². The van der Waals surface area contributed by atoms with Crippen LogP contribution in [0.1, 0.15) is 73.8 Å². The van der Waals surface area contributed by atoms with Crippen molar-refractivity contribution in [3.8, 4) is 0 Å². The number of nitrogens with one attached hydrogen (secondary N) is 3. The normalized spacial score (nSPS) is 12.1. The molecule has 1 atom stereocenters. The Morgan fingerprint density at radius 3 is 2.08 bits per heavy atom.